The molecule has 112 valence electrons. The minimum Gasteiger partial charge on any atom is -0.358 e. The first-order valence-electron chi connectivity index (χ1n) is 6.34. The van der Waals surface area contributed by atoms with Crippen LogP contribution in [0, 0.1) is 20.4 Å². The summed E-state index contributed by atoms with van der Waals surface area (Å²) in [5.74, 6) is 0. The number of nitrogens with zero attached hydrogens (tertiary/aromatic N) is 1. The van der Waals surface area contributed by atoms with Gasteiger partial charge in [-0.1, -0.05) is 42.0 Å². The largest absolute Gasteiger partial charge is 0.358 e. The van der Waals surface area contributed by atoms with Crippen LogP contribution in [0.5, 0.6) is 0 Å². The molecule has 3 rings (SSSR count). The van der Waals surface area contributed by atoms with Gasteiger partial charge in [0.25, 0.3) is 0 Å². The van der Waals surface area contributed by atoms with Crippen LogP contribution in [-0.4, -0.2) is 4.98 Å². The quantitative estimate of drug-likeness (QED) is 0.419. The Balaban J connectivity index is 0.00000147. The van der Waals surface area contributed by atoms with Gasteiger partial charge in [0.05, 0.1) is 0 Å². The van der Waals surface area contributed by atoms with Crippen LogP contribution in [0.25, 0.3) is 22.4 Å². The third-order valence-electron chi connectivity index (χ3n) is 3.17. The van der Waals surface area contributed by atoms with Crippen molar-refractivity contribution in [3.63, 3.8) is 0 Å². The van der Waals surface area contributed by atoms with Crippen molar-refractivity contribution in [3.05, 3.63) is 85.9 Å². The topological polar surface area (TPSA) is 12.9 Å². The molecule has 3 aromatic rings. The molecular weight excluding hydrogens is 523 g/mol. The molecule has 1 nitrogen and oxygen atoms in total. The van der Waals surface area contributed by atoms with Gasteiger partial charge in [0, 0.05) is 59.0 Å². The number of hydrogen-bond acceptors (Lipinski definition) is 1. The summed E-state index contributed by atoms with van der Waals surface area (Å²) >= 11 is 0. The molecule has 0 saturated carbocycles. The van der Waals surface area contributed by atoms with E-state index in [1.165, 1.54) is 16.7 Å². The maximum Gasteiger partial charge on any atom is 0.0160 e. The summed E-state index contributed by atoms with van der Waals surface area (Å²) in [6.45, 7) is 2.07. The zero-order valence-electron chi connectivity index (χ0n) is 12.7. The van der Waals surface area contributed by atoms with Crippen molar-refractivity contribution in [1.82, 2.24) is 4.98 Å². The minimum absolute atomic E-state index is 0. The first-order valence-corrected chi connectivity index (χ1v) is 6.34. The normalized spacial score (nSPS) is 8.95. The van der Waals surface area contributed by atoms with Gasteiger partial charge in [-0.2, -0.15) is 0 Å². The second-order valence-electron chi connectivity index (χ2n) is 4.53. The minimum atomic E-state index is 0. The van der Waals surface area contributed by atoms with Crippen LogP contribution >= 0.6 is 0 Å². The van der Waals surface area contributed by atoms with E-state index in [9.17, 15) is 0 Å². The van der Waals surface area contributed by atoms with Crippen LogP contribution in [-0.2, 0) is 52.8 Å². The summed E-state index contributed by atoms with van der Waals surface area (Å²) in [7, 11) is 0. The molecule has 0 saturated heterocycles. The van der Waals surface area contributed by atoms with Crippen molar-refractivity contribution in [3.8, 4) is 22.4 Å². The van der Waals surface area contributed by atoms with Crippen molar-refractivity contribution in [2.24, 2.45) is 0 Å². The van der Waals surface area contributed by atoms with E-state index in [1.807, 2.05) is 24.4 Å². The van der Waals surface area contributed by atoms with Gasteiger partial charge in [-0.25, -0.2) is 0 Å². The Morgan fingerprint density at radius 1 is 0.909 bits per heavy atom. The van der Waals surface area contributed by atoms with Crippen LogP contribution in [0.2, 0.25) is 0 Å². The predicted molar refractivity (Wildman–Crippen MR) is 85.1 cm³/mol. The molecule has 0 bridgehead atoms. The zero-order chi connectivity index (χ0) is 13.1. The molecular formula is C19H17IrNY-2. The summed E-state index contributed by atoms with van der Waals surface area (Å²) < 4.78 is 0. The van der Waals surface area contributed by atoms with E-state index in [-0.39, 0.29) is 60.2 Å². The summed E-state index contributed by atoms with van der Waals surface area (Å²) in [5, 5.41) is 0. The molecule has 0 amide bonds. The van der Waals surface area contributed by atoms with E-state index in [2.05, 4.69) is 60.4 Å². The van der Waals surface area contributed by atoms with Crippen LogP contribution in [0.4, 0.5) is 0 Å². The second-order valence-corrected chi connectivity index (χ2v) is 4.53. The Labute approximate surface area is 171 Å². The van der Waals surface area contributed by atoms with Crippen molar-refractivity contribution < 1.29 is 52.8 Å². The SMILES string of the molecule is Cc1cccnc1-c1[c-]ccc(-c2ccccc2)c1.[CH3-].[Ir].[Y]. The fourth-order valence-corrected chi connectivity index (χ4v) is 2.18. The fourth-order valence-electron chi connectivity index (χ4n) is 2.18. The molecule has 0 N–H and O–H groups in total. The molecule has 1 heterocycles. The average Bonchev–Trinajstić information content (AvgIpc) is 2.49. The smallest absolute Gasteiger partial charge is 0.0160 e. The Kier molecular flexibility index (Phi) is 9.88. The molecule has 22 heavy (non-hydrogen) atoms. The molecule has 0 unspecified atom stereocenters. The monoisotopic (exact) mass is 541 g/mol. The predicted octanol–water partition coefficient (Wildman–Crippen LogP) is 4.97. The maximum absolute atomic E-state index is 4.45. The van der Waals surface area contributed by atoms with Gasteiger partial charge in [-0.3, -0.25) is 0 Å². The molecule has 0 atom stereocenters. The van der Waals surface area contributed by atoms with E-state index < -0.39 is 0 Å². The summed E-state index contributed by atoms with van der Waals surface area (Å²) in [6, 6.07) is 23.9. The van der Waals surface area contributed by atoms with Crippen molar-refractivity contribution in [2.75, 3.05) is 0 Å². The van der Waals surface area contributed by atoms with E-state index >= 15 is 0 Å². The molecule has 0 spiro atoms. The first kappa shape index (κ1) is 21.3. The van der Waals surface area contributed by atoms with Crippen LogP contribution in [0.3, 0.4) is 0 Å². The standard InChI is InChI=1S/C18H14N.CH3.Ir.Y/c1-14-7-6-12-19-18(14)17-11-5-10-16(13-17)15-8-3-2-4-9-15;;;/h2-10,12-13H,1H3;1H3;;/q2*-1;;. The fraction of sp³-hybridized carbons (Fsp3) is 0.0526. The first-order chi connectivity index (χ1) is 9.34. The van der Waals surface area contributed by atoms with Gasteiger partial charge in [0.1, 0.15) is 0 Å². The van der Waals surface area contributed by atoms with Gasteiger partial charge in [0.15, 0.2) is 0 Å². The third kappa shape index (κ3) is 4.93. The van der Waals surface area contributed by atoms with Gasteiger partial charge < -0.3 is 12.4 Å². The van der Waals surface area contributed by atoms with E-state index in [0.717, 1.165) is 11.3 Å². The number of rotatable bonds is 2. The molecule has 2 aromatic carbocycles. The Hall–Kier alpha value is -0.657. The van der Waals surface area contributed by atoms with Crippen molar-refractivity contribution in [2.45, 2.75) is 6.92 Å². The van der Waals surface area contributed by atoms with E-state index in [1.54, 1.807) is 0 Å². The van der Waals surface area contributed by atoms with Crippen molar-refractivity contribution >= 4 is 0 Å². The van der Waals surface area contributed by atoms with Crippen LogP contribution in [0.1, 0.15) is 5.56 Å². The molecule has 0 aliphatic rings. The van der Waals surface area contributed by atoms with Gasteiger partial charge >= 0.3 is 0 Å². The molecule has 0 aliphatic heterocycles. The second kappa shape index (κ2) is 10.2. The number of hydrogen-bond donors (Lipinski definition) is 0. The number of benzene rings is 2. The summed E-state index contributed by atoms with van der Waals surface area (Å²) in [4.78, 5) is 4.45. The van der Waals surface area contributed by atoms with E-state index in [4.69, 9.17) is 0 Å². The van der Waals surface area contributed by atoms with E-state index in [0.29, 0.717) is 0 Å². The summed E-state index contributed by atoms with van der Waals surface area (Å²) in [6.07, 6.45) is 1.82. The number of aromatic nitrogens is 1. The molecule has 2 radical (unpaired) electrons. The van der Waals surface area contributed by atoms with Gasteiger partial charge in [-0.05, 0) is 24.2 Å². The van der Waals surface area contributed by atoms with Crippen molar-refractivity contribution in [1.29, 1.82) is 0 Å². The third-order valence-corrected chi connectivity index (χ3v) is 3.17. The molecule has 3 heteroatoms. The molecule has 0 fully saturated rings. The van der Waals surface area contributed by atoms with Gasteiger partial charge in [-0.15, -0.1) is 35.4 Å². The van der Waals surface area contributed by atoms with Crippen LogP contribution < -0.4 is 0 Å². The molecule has 1 aromatic heterocycles. The number of aryl methyl sites for hydroxylation is 1. The zero-order valence-corrected chi connectivity index (χ0v) is 17.9. The summed E-state index contributed by atoms with van der Waals surface area (Å²) in [5.41, 5.74) is 5.62. The Morgan fingerprint density at radius 2 is 1.64 bits per heavy atom. The Bertz CT molecular complexity index is 699. The Morgan fingerprint density at radius 3 is 2.32 bits per heavy atom. The molecule has 0 aliphatic carbocycles. The number of pyridine rings is 1. The van der Waals surface area contributed by atoms with Crippen LogP contribution in [0.15, 0.2) is 66.9 Å². The maximum atomic E-state index is 4.45. The average molecular weight is 540 g/mol. The van der Waals surface area contributed by atoms with Gasteiger partial charge in [0.2, 0.25) is 0 Å².